The van der Waals surface area contributed by atoms with E-state index in [4.69, 9.17) is 0 Å². The van der Waals surface area contributed by atoms with Crippen molar-refractivity contribution in [3.8, 4) is 11.3 Å². The lowest BCUT2D eigenvalue weighted by molar-refractivity contribution is -0.384. The molecule has 11 nitrogen and oxygen atoms in total. The third-order valence-electron chi connectivity index (χ3n) is 5.84. The summed E-state index contributed by atoms with van der Waals surface area (Å²) < 4.78 is 2.83. The van der Waals surface area contributed by atoms with Crippen LogP contribution in [0.15, 0.2) is 63.5 Å². The summed E-state index contributed by atoms with van der Waals surface area (Å²) in [6, 6.07) is 12.8. The van der Waals surface area contributed by atoms with E-state index in [0.29, 0.717) is 22.7 Å². The number of nitro groups is 1. The Bertz CT molecular complexity index is 1520. The third kappa shape index (κ3) is 7.11. The summed E-state index contributed by atoms with van der Waals surface area (Å²) in [5.41, 5.74) is 1.75. The van der Waals surface area contributed by atoms with Gasteiger partial charge in [0, 0.05) is 39.7 Å². The van der Waals surface area contributed by atoms with Gasteiger partial charge in [0.1, 0.15) is 0 Å². The fraction of sp³-hybridized carbons (Fsp3) is 0.269. The summed E-state index contributed by atoms with van der Waals surface area (Å²) in [5.74, 6) is -0.0974. The number of halogens is 1. The number of nitrogens with zero attached hydrogens (tertiary/aromatic N) is 5. The minimum atomic E-state index is -0.542. The number of aromatic nitrogens is 4. The van der Waals surface area contributed by atoms with Crippen molar-refractivity contribution in [1.29, 1.82) is 0 Å². The molecule has 208 valence electrons. The van der Waals surface area contributed by atoms with E-state index in [-0.39, 0.29) is 28.8 Å². The largest absolute Gasteiger partial charge is 0.342 e. The average Bonchev–Trinajstić information content (AvgIpc) is 3.57. The Balaban J connectivity index is 1.41. The molecule has 4 aromatic rings. The second-order valence-corrected chi connectivity index (χ2v) is 11.7. The SMILES string of the molecule is CCn1c(SCC(=O)Nc2nc(-c3ccc(Br)cc3)cs2)nnc1[C@@H](NC(=O)c1cccc([N+](=O)[O-])c1)C(C)C. The van der Waals surface area contributed by atoms with Crippen LogP contribution in [0.4, 0.5) is 10.8 Å². The molecule has 2 N–H and O–H groups in total. The highest BCUT2D eigenvalue weighted by atomic mass is 79.9. The number of nitrogens with one attached hydrogen (secondary N) is 2. The van der Waals surface area contributed by atoms with E-state index in [2.05, 4.69) is 41.7 Å². The molecule has 0 radical (unpaired) electrons. The number of nitro benzene ring substituents is 1. The van der Waals surface area contributed by atoms with Crippen molar-refractivity contribution >= 4 is 61.7 Å². The molecule has 0 saturated carbocycles. The zero-order valence-corrected chi connectivity index (χ0v) is 25.0. The molecular weight excluding hydrogens is 618 g/mol. The molecule has 14 heteroatoms. The number of hydrogen-bond acceptors (Lipinski definition) is 9. The Morgan fingerprint density at radius 1 is 1.18 bits per heavy atom. The van der Waals surface area contributed by atoms with Gasteiger partial charge in [-0.1, -0.05) is 59.7 Å². The first-order valence-corrected chi connectivity index (χ1v) is 14.9. The lowest BCUT2D eigenvalue weighted by Crippen LogP contribution is -2.33. The normalized spacial score (nSPS) is 11.8. The van der Waals surface area contributed by atoms with Crippen LogP contribution in [0.2, 0.25) is 0 Å². The first-order valence-electron chi connectivity index (χ1n) is 12.3. The smallest absolute Gasteiger partial charge is 0.270 e. The van der Waals surface area contributed by atoms with Crippen LogP contribution in [-0.2, 0) is 11.3 Å². The highest BCUT2D eigenvalue weighted by molar-refractivity contribution is 9.10. The molecule has 2 aromatic carbocycles. The third-order valence-corrected chi connectivity index (χ3v) is 8.09. The van der Waals surface area contributed by atoms with Gasteiger partial charge in [0.25, 0.3) is 11.6 Å². The topological polar surface area (TPSA) is 145 Å². The van der Waals surface area contributed by atoms with Crippen LogP contribution in [-0.4, -0.2) is 42.2 Å². The Morgan fingerprint density at radius 3 is 2.60 bits per heavy atom. The molecule has 2 amide bonds. The van der Waals surface area contributed by atoms with Gasteiger partial charge >= 0.3 is 0 Å². The zero-order chi connectivity index (χ0) is 28.8. The summed E-state index contributed by atoms with van der Waals surface area (Å²) in [5, 5.41) is 28.4. The molecule has 0 aliphatic rings. The fourth-order valence-corrected chi connectivity index (χ4v) is 5.63. The van der Waals surface area contributed by atoms with Gasteiger partial charge in [0.15, 0.2) is 16.1 Å². The van der Waals surface area contributed by atoms with Gasteiger partial charge in [-0.25, -0.2) is 4.98 Å². The van der Waals surface area contributed by atoms with Crippen LogP contribution in [0.3, 0.4) is 0 Å². The van der Waals surface area contributed by atoms with Gasteiger partial charge in [0.2, 0.25) is 5.91 Å². The second-order valence-electron chi connectivity index (χ2n) is 8.97. The predicted octanol–water partition coefficient (Wildman–Crippen LogP) is 5.95. The Morgan fingerprint density at radius 2 is 1.93 bits per heavy atom. The number of carbonyl (C=O) groups excluding carboxylic acids is 2. The maximum absolute atomic E-state index is 13.0. The summed E-state index contributed by atoms with van der Waals surface area (Å²) in [7, 11) is 0. The van der Waals surface area contributed by atoms with Gasteiger partial charge in [-0.15, -0.1) is 21.5 Å². The number of hydrogen-bond donors (Lipinski definition) is 2. The number of benzene rings is 2. The summed E-state index contributed by atoms with van der Waals surface area (Å²) >= 11 is 6.00. The van der Waals surface area contributed by atoms with Gasteiger partial charge in [-0.2, -0.15) is 0 Å². The monoisotopic (exact) mass is 643 g/mol. The molecule has 2 heterocycles. The lowest BCUT2D eigenvalue weighted by Gasteiger charge is -2.22. The summed E-state index contributed by atoms with van der Waals surface area (Å²) in [6.07, 6.45) is 0. The molecule has 0 bridgehead atoms. The zero-order valence-electron chi connectivity index (χ0n) is 21.8. The Kier molecular flexibility index (Phi) is 9.66. The molecule has 2 aromatic heterocycles. The summed E-state index contributed by atoms with van der Waals surface area (Å²) in [4.78, 5) is 40.7. The Hall–Kier alpha value is -3.62. The quantitative estimate of drug-likeness (QED) is 0.116. The van der Waals surface area contributed by atoms with Crippen LogP contribution in [0.5, 0.6) is 0 Å². The Labute approximate surface area is 247 Å². The highest BCUT2D eigenvalue weighted by Gasteiger charge is 2.27. The van der Waals surface area contributed by atoms with Crippen molar-refractivity contribution in [3.63, 3.8) is 0 Å². The van der Waals surface area contributed by atoms with Crippen molar-refractivity contribution in [2.45, 2.75) is 38.5 Å². The van der Waals surface area contributed by atoms with E-state index >= 15 is 0 Å². The van der Waals surface area contributed by atoms with Crippen LogP contribution in [0.25, 0.3) is 11.3 Å². The van der Waals surface area contributed by atoms with Gasteiger partial charge < -0.3 is 15.2 Å². The second kappa shape index (κ2) is 13.2. The lowest BCUT2D eigenvalue weighted by atomic mass is 10.0. The predicted molar refractivity (Wildman–Crippen MR) is 158 cm³/mol. The molecule has 0 unspecified atom stereocenters. The standard InChI is InChI=1S/C26H26BrN7O4S2/c1-4-33-23(22(15(2)3)30-24(36)17-6-5-7-19(12-17)34(37)38)31-32-26(33)40-14-21(35)29-25-28-20(13-39-25)16-8-10-18(27)11-9-16/h5-13,15,22H,4,14H2,1-3H3,(H,30,36)(H,28,29,35)/t22-/m0/s1. The van der Waals surface area contributed by atoms with Gasteiger partial charge in [-0.05, 0) is 31.0 Å². The molecule has 0 saturated heterocycles. The number of amides is 2. The average molecular weight is 645 g/mol. The van der Waals surface area contributed by atoms with Crippen LogP contribution in [0, 0.1) is 16.0 Å². The first kappa shape index (κ1) is 29.4. The van der Waals surface area contributed by atoms with E-state index in [9.17, 15) is 19.7 Å². The minimum Gasteiger partial charge on any atom is -0.342 e. The van der Waals surface area contributed by atoms with E-state index < -0.39 is 16.9 Å². The van der Waals surface area contributed by atoms with E-state index in [0.717, 1.165) is 15.7 Å². The van der Waals surface area contributed by atoms with Gasteiger partial charge in [-0.3, -0.25) is 19.7 Å². The number of non-ortho nitro benzene ring substituents is 1. The van der Waals surface area contributed by atoms with Crippen LogP contribution >= 0.6 is 39.0 Å². The van der Waals surface area contributed by atoms with Gasteiger partial charge in [0.05, 0.1) is 22.4 Å². The minimum absolute atomic E-state index is 0.0527. The maximum Gasteiger partial charge on any atom is 0.270 e. The number of thiazole rings is 1. The van der Waals surface area contributed by atoms with Crippen LogP contribution in [0.1, 0.15) is 43.0 Å². The molecule has 0 spiro atoms. The van der Waals surface area contributed by atoms with E-state index in [1.807, 2.05) is 55.0 Å². The molecule has 0 aliphatic heterocycles. The fourth-order valence-electron chi connectivity index (χ4n) is 3.82. The first-order chi connectivity index (χ1) is 19.2. The number of carbonyl (C=O) groups is 2. The van der Waals surface area contributed by atoms with Crippen LogP contribution < -0.4 is 10.6 Å². The molecular formula is C26H26BrN7O4S2. The van der Waals surface area contributed by atoms with Crippen molar-refractivity contribution in [1.82, 2.24) is 25.1 Å². The maximum atomic E-state index is 13.0. The van der Waals surface area contributed by atoms with Crippen molar-refractivity contribution < 1.29 is 14.5 Å². The number of rotatable bonds is 11. The molecule has 0 fully saturated rings. The number of thioether (sulfide) groups is 1. The van der Waals surface area contributed by atoms with Crippen molar-refractivity contribution in [3.05, 3.63) is 79.9 Å². The highest BCUT2D eigenvalue weighted by Crippen LogP contribution is 2.28. The molecule has 1 atom stereocenters. The van der Waals surface area contributed by atoms with Crippen molar-refractivity contribution in [2.75, 3.05) is 11.1 Å². The summed E-state index contributed by atoms with van der Waals surface area (Å²) in [6.45, 7) is 6.31. The van der Waals surface area contributed by atoms with E-state index in [1.165, 1.54) is 47.4 Å². The van der Waals surface area contributed by atoms with E-state index in [1.54, 1.807) is 0 Å². The molecule has 40 heavy (non-hydrogen) atoms. The number of anilines is 1. The molecule has 4 rings (SSSR count). The molecule has 0 aliphatic carbocycles. The van der Waals surface area contributed by atoms with Crippen molar-refractivity contribution in [2.24, 2.45) is 5.92 Å².